The van der Waals surface area contributed by atoms with Crippen LogP contribution in [0.25, 0.3) is 10.4 Å². The van der Waals surface area contributed by atoms with E-state index in [1.54, 1.807) is 23.5 Å². The minimum atomic E-state index is -0.151. The lowest BCUT2D eigenvalue weighted by molar-refractivity contribution is -0.119. The zero-order valence-corrected chi connectivity index (χ0v) is 17.6. The maximum atomic E-state index is 12.7. The van der Waals surface area contributed by atoms with Crippen LogP contribution in [0, 0.1) is 6.92 Å². The number of carbonyl (C=O) groups is 2. The Hall–Kier alpha value is -3.12. The minimum absolute atomic E-state index is 0.0399. The van der Waals surface area contributed by atoms with E-state index < -0.39 is 0 Å². The highest BCUT2D eigenvalue weighted by atomic mass is 32.1. The fourth-order valence-corrected chi connectivity index (χ4v) is 3.99. The number of thiophene rings is 1. The molecule has 0 spiro atoms. The van der Waals surface area contributed by atoms with Gasteiger partial charge in [0.1, 0.15) is 0 Å². The molecule has 0 aliphatic heterocycles. The Kier molecular flexibility index (Phi) is 6.34. The molecule has 1 heterocycles. The van der Waals surface area contributed by atoms with E-state index in [4.69, 9.17) is 5.73 Å². The fraction of sp³-hybridized carbons (Fsp3) is 0.217. The van der Waals surface area contributed by atoms with Gasteiger partial charge in [-0.15, -0.1) is 11.3 Å². The molecule has 0 radical (unpaired) electrons. The summed E-state index contributed by atoms with van der Waals surface area (Å²) in [5, 5.41) is 5.88. The molecule has 3 rings (SSSR count). The van der Waals surface area contributed by atoms with Crippen molar-refractivity contribution in [2.45, 2.75) is 33.4 Å². The minimum Gasteiger partial charge on any atom is -0.399 e. The summed E-state index contributed by atoms with van der Waals surface area (Å²) < 4.78 is 0. The van der Waals surface area contributed by atoms with Gasteiger partial charge in [-0.25, -0.2) is 0 Å². The number of benzene rings is 2. The van der Waals surface area contributed by atoms with Crippen LogP contribution >= 0.6 is 11.3 Å². The van der Waals surface area contributed by atoms with E-state index in [0.29, 0.717) is 17.8 Å². The zero-order chi connectivity index (χ0) is 21.0. The van der Waals surface area contributed by atoms with Gasteiger partial charge in [-0.3, -0.25) is 9.59 Å². The maximum Gasteiger partial charge on any atom is 0.252 e. The Labute approximate surface area is 175 Å². The van der Waals surface area contributed by atoms with Gasteiger partial charge in [-0.1, -0.05) is 24.3 Å². The van der Waals surface area contributed by atoms with Crippen molar-refractivity contribution in [3.05, 3.63) is 76.2 Å². The molecule has 5 nitrogen and oxygen atoms in total. The van der Waals surface area contributed by atoms with Crippen LogP contribution in [0.1, 0.15) is 46.3 Å². The summed E-state index contributed by atoms with van der Waals surface area (Å²) in [5.74, 6) is -0.177. The largest absolute Gasteiger partial charge is 0.399 e. The van der Waals surface area contributed by atoms with Crippen LogP contribution in [0.2, 0.25) is 0 Å². The average Bonchev–Trinajstić information content (AvgIpc) is 3.17. The standard InChI is InChI=1S/C23H25N3O2S/c1-14-7-8-19(24)12-21(14)23(28)26-15(2)17-5-4-6-18(11-17)22-10-9-20(29-22)13-25-16(3)27/h4-12,15H,13,24H2,1-3H3,(H,25,27)(H,26,28)/t15-/m1/s1. The summed E-state index contributed by atoms with van der Waals surface area (Å²) in [5.41, 5.74) is 9.99. The highest BCUT2D eigenvalue weighted by Gasteiger charge is 2.14. The molecule has 29 heavy (non-hydrogen) atoms. The summed E-state index contributed by atoms with van der Waals surface area (Å²) >= 11 is 1.65. The molecule has 1 atom stereocenters. The molecule has 6 heteroatoms. The molecule has 4 N–H and O–H groups in total. The van der Waals surface area contributed by atoms with Crippen molar-refractivity contribution in [2.24, 2.45) is 0 Å². The molecule has 0 aliphatic rings. The number of hydrogen-bond acceptors (Lipinski definition) is 4. The number of anilines is 1. The quantitative estimate of drug-likeness (QED) is 0.529. The van der Waals surface area contributed by atoms with E-state index >= 15 is 0 Å². The smallest absolute Gasteiger partial charge is 0.252 e. The fourth-order valence-electron chi connectivity index (χ4n) is 3.04. The summed E-state index contributed by atoms with van der Waals surface area (Å²) in [6.07, 6.45) is 0. The Bertz CT molecular complexity index is 1040. The van der Waals surface area contributed by atoms with E-state index in [-0.39, 0.29) is 17.9 Å². The van der Waals surface area contributed by atoms with Crippen LogP contribution in [-0.2, 0) is 11.3 Å². The molecule has 150 valence electrons. The highest BCUT2D eigenvalue weighted by molar-refractivity contribution is 7.15. The first-order chi connectivity index (χ1) is 13.8. The highest BCUT2D eigenvalue weighted by Crippen LogP contribution is 2.30. The van der Waals surface area contributed by atoms with E-state index in [9.17, 15) is 9.59 Å². The van der Waals surface area contributed by atoms with Crippen LogP contribution in [-0.4, -0.2) is 11.8 Å². The molecule has 1 aromatic heterocycles. The number of amides is 2. The molecule has 0 saturated carbocycles. The van der Waals surface area contributed by atoms with Crippen molar-refractivity contribution in [3.8, 4) is 10.4 Å². The van der Waals surface area contributed by atoms with Gasteiger partial charge in [0.2, 0.25) is 5.91 Å². The topological polar surface area (TPSA) is 84.2 Å². The molecule has 0 bridgehead atoms. The first-order valence-corrected chi connectivity index (χ1v) is 10.3. The number of nitrogens with one attached hydrogen (secondary N) is 2. The molecule has 2 aromatic carbocycles. The predicted molar refractivity (Wildman–Crippen MR) is 119 cm³/mol. The number of carbonyl (C=O) groups excluding carboxylic acids is 2. The molecule has 0 unspecified atom stereocenters. The van der Waals surface area contributed by atoms with Gasteiger partial charge < -0.3 is 16.4 Å². The van der Waals surface area contributed by atoms with Crippen molar-refractivity contribution < 1.29 is 9.59 Å². The van der Waals surface area contributed by atoms with Crippen LogP contribution in [0.3, 0.4) is 0 Å². The normalized spacial score (nSPS) is 11.7. The van der Waals surface area contributed by atoms with Crippen LogP contribution in [0.15, 0.2) is 54.6 Å². The maximum absolute atomic E-state index is 12.7. The Morgan fingerprint density at radius 3 is 2.66 bits per heavy atom. The van der Waals surface area contributed by atoms with E-state index in [1.807, 2.05) is 44.2 Å². The Morgan fingerprint density at radius 1 is 1.10 bits per heavy atom. The van der Waals surface area contributed by atoms with E-state index in [1.165, 1.54) is 6.92 Å². The first-order valence-electron chi connectivity index (χ1n) is 9.44. The summed E-state index contributed by atoms with van der Waals surface area (Å²) in [6, 6.07) is 17.4. The molecule has 0 aliphatic carbocycles. The van der Waals surface area contributed by atoms with Gasteiger partial charge in [0, 0.05) is 27.9 Å². The second kappa shape index (κ2) is 8.92. The summed E-state index contributed by atoms with van der Waals surface area (Å²) in [6.45, 7) is 5.91. The lowest BCUT2D eigenvalue weighted by Gasteiger charge is -2.16. The van der Waals surface area contributed by atoms with Crippen molar-refractivity contribution in [1.29, 1.82) is 0 Å². The number of nitrogen functional groups attached to an aromatic ring is 1. The van der Waals surface area contributed by atoms with Crippen molar-refractivity contribution in [2.75, 3.05) is 5.73 Å². The van der Waals surface area contributed by atoms with Gasteiger partial charge in [0.15, 0.2) is 0 Å². The van der Waals surface area contributed by atoms with Gasteiger partial charge >= 0.3 is 0 Å². The number of rotatable bonds is 6. The number of nitrogens with two attached hydrogens (primary N) is 1. The third kappa shape index (κ3) is 5.23. The van der Waals surface area contributed by atoms with Crippen LogP contribution in [0.4, 0.5) is 5.69 Å². The molecular formula is C23H25N3O2S. The van der Waals surface area contributed by atoms with E-state index in [2.05, 4.69) is 22.8 Å². The van der Waals surface area contributed by atoms with Gasteiger partial charge in [0.25, 0.3) is 5.91 Å². The number of hydrogen-bond donors (Lipinski definition) is 3. The van der Waals surface area contributed by atoms with Gasteiger partial charge in [-0.2, -0.15) is 0 Å². The average molecular weight is 408 g/mol. The van der Waals surface area contributed by atoms with Crippen LogP contribution < -0.4 is 16.4 Å². The Morgan fingerprint density at radius 2 is 1.90 bits per heavy atom. The Balaban J connectivity index is 1.74. The predicted octanol–water partition coefficient (Wildman–Crippen LogP) is 4.43. The lowest BCUT2D eigenvalue weighted by Crippen LogP contribution is -2.27. The zero-order valence-electron chi connectivity index (χ0n) is 16.8. The second-order valence-electron chi connectivity index (χ2n) is 7.07. The van der Waals surface area contributed by atoms with Crippen molar-refractivity contribution in [1.82, 2.24) is 10.6 Å². The monoisotopic (exact) mass is 407 g/mol. The number of aryl methyl sites for hydroxylation is 1. The molecule has 0 fully saturated rings. The third-order valence-corrected chi connectivity index (χ3v) is 5.83. The molecule has 0 saturated heterocycles. The SMILES string of the molecule is CC(=O)NCc1ccc(-c2cccc([C@@H](C)NC(=O)c3cc(N)ccc3C)c2)s1. The molecule has 3 aromatic rings. The van der Waals surface area contributed by atoms with Gasteiger partial charge in [-0.05, 0) is 60.9 Å². The lowest BCUT2D eigenvalue weighted by atomic mass is 10.0. The molecule has 2 amide bonds. The van der Waals surface area contributed by atoms with E-state index in [0.717, 1.165) is 26.4 Å². The van der Waals surface area contributed by atoms with Crippen molar-refractivity contribution in [3.63, 3.8) is 0 Å². The van der Waals surface area contributed by atoms with Gasteiger partial charge in [0.05, 0.1) is 12.6 Å². The van der Waals surface area contributed by atoms with Crippen LogP contribution in [0.5, 0.6) is 0 Å². The third-order valence-electron chi connectivity index (χ3n) is 4.70. The second-order valence-corrected chi connectivity index (χ2v) is 8.24. The van der Waals surface area contributed by atoms with Crippen molar-refractivity contribution >= 4 is 28.8 Å². The summed E-state index contributed by atoms with van der Waals surface area (Å²) in [7, 11) is 0. The molecular weight excluding hydrogens is 382 g/mol. The first kappa shape index (κ1) is 20.6. The summed E-state index contributed by atoms with van der Waals surface area (Å²) in [4.78, 5) is 26.0.